The van der Waals surface area contributed by atoms with E-state index in [-0.39, 0.29) is 34.3 Å². The monoisotopic (exact) mass is 416 g/mol. The van der Waals surface area contributed by atoms with E-state index in [9.17, 15) is 9.59 Å². The number of rotatable bonds is 1. The molecule has 1 heterocycles. The van der Waals surface area contributed by atoms with Gasteiger partial charge in [-0.15, -0.1) is 0 Å². The maximum absolute atomic E-state index is 12.2. The first-order chi connectivity index (χ1) is 13.7. The molecule has 0 amide bonds. The van der Waals surface area contributed by atoms with Crippen LogP contribution < -0.4 is 0 Å². The molecule has 0 aromatic heterocycles. The van der Waals surface area contributed by atoms with Crippen LogP contribution in [-0.2, 0) is 19.1 Å². The highest BCUT2D eigenvalue weighted by Gasteiger charge is 2.68. The molecule has 0 bridgehead atoms. The molecule has 29 heavy (non-hydrogen) atoms. The smallest absolute Gasteiger partial charge is 0.306 e. The van der Waals surface area contributed by atoms with Gasteiger partial charge in [0.05, 0.1) is 0 Å². The molecule has 5 rings (SSSR count). The third-order valence-electron chi connectivity index (χ3n) is 9.61. The van der Waals surface area contributed by atoms with Crippen molar-refractivity contribution in [2.24, 2.45) is 28.6 Å². The zero-order valence-electron chi connectivity index (χ0n) is 17.8. The minimum Gasteiger partial charge on any atom is -0.484 e. The molecule has 0 radical (unpaired) electrons. The van der Waals surface area contributed by atoms with Gasteiger partial charge in [-0.3, -0.25) is 9.59 Å². The summed E-state index contributed by atoms with van der Waals surface area (Å²) in [4.78, 5) is 24.3. The molecular formula is C24H32O4S. The topological polar surface area (TPSA) is 52.6 Å². The van der Waals surface area contributed by atoms with E-state index in [0.717, 1.165) is 44.9 Å². The number of hydrogen-bond acceptors (Lipinski definition) is 5. The van der Waals surface area contributed by atoms with Crippen LogP contribution in [0.2, 0.25) is 0 Å². The molecule has 0 aromatic carbocycles. The summed E-state index contributed by atoms with van der Waals surface area (Å²) < 4.78 is 12.3. The summed E-state index contributed by atoms with van der Waals surface area (Å²) in [6.45, 7) is 6.61. The molecule has 0 aromatic rings. The molecule has 0 N–H and O–H groups in total. The van der Waals surface area contributed by atoms with E-state index < -0.39 is 0 Å². The first-order valence-electron chi connectivity index (χ1n) is 11.3. The van der Waals surface area contributed by atoms with E-state index in [1.165, 1.54) is 5.57 Å². The Morgan fingerprint density at radius 1 is 1.10 bits per heavy atom. The number of carbonyl (C=O) groups excluding carboxylic acids is 2. The van der Waals surface area contributed by atoms with Gasteiger partial charge in [0, 0.05) is 37.5 Å². The van der Waals surface area contributed by atoms with Gasteiger partial charge in [-0.1, -0.05) is 19.4 Å². The summed E-state index contributed by atoms with van der Waals surface area (Å²) in [6, 6.07) is 0. The summed E-state index contributed by atoms with van der Waals surface area (Å²) in [5.74, 6) is 1.61. The fourth-order valence-electron chi connectivity index (χ4n) is 8.13. The fourth-order valence-corrected chi connectivity index (χ4v) is 8.25. The van der Waals surface area contributed by atoms with Crippen LogP contribution in [0.15, 0.2) is 11.6 Å². The second kappa shape index (κ2) is 6.38. The zero-order valence-corrected chi connectivity index (χ0v) is 18.6. The third-order valence-corrected chi connectivity index (χ3v) is 9.71. The van der Waals surface area contributed by atoms with Crippen molar-refractivity contribution in [2.75, 3.05) is 0 Å². The van der Waals surface area contributed by atoms with E-state index in [0.29, 0.717) is 35.6 Å². The molecule has 5 aliphatic rings. The molecule has 1 saturated heterocycles. The Balaban J connectivity index is 1.56. The van der Waals surface area contributed by atoms with Crippen LogP contribution in [-0.4, -0.2) is 28.5 Å². The van der Waals surface area contributed by atoms with Crippen molar-refractivity contribution >= 4 is 29.0 Å². The van der Waals surface area contributed by atoms with Crippen LogP contribution in [0.1, 0.15) is 78.6 Å². The summed E-state index contributed by atoms with van der Waals surface area (Å²) >= 11 is 5.35. The van der Waals surface area contributed by atoms with Gasteiger partial charge >= 0.3 is 5.97 Å². The highest BCUT2D eigenvalue weighted by Crippen LogP contribution is 2.70. The first kappa shape index (κ1) is 19.7. The lowest BCUT2D eigenvalue weighted by molar-refractivity contribution is -0.173. The number of thiocarbonyl (C=S) groups is 1. The summed E-state index contributed by atoms with van der Waals surface area (Å²) in [6.07, 6.45) is 10.0. The molecule has 1 spiro atoms. The molecule has 4 fully saturated rings. The molecular weight excluding hydrogens is 384 g/mol. The summed E-state index contributed by atoms with van der Waals surface area (Å²) in [5.41, 5.74) is 1.09. The van der Waals surface area contributed by atoms with Crippen molar-refractivity contribution in [1.82, 2.24) is 0 Å². The summed E-state index contributed by atoms with van der Waals surface area (Å²) in [5, 5.41) is 0.590. The Kier molecular flexibility index (Phi) is 4.34. The fraction of sp³-hybridized carbons (Fsp3) is 0.792. The van der Waals surface area contributed by atoms with Gasteiger partial charge in [-0.05, 0) is 74.1 Å². The van der Waals surface area contributed by atoms with Crippen molar-refractivity contribution in [1.29, 1.82) is 0 Å². The Morgan fingerprint density at radius 3 is 2.55 bits per heavy atom. The standard InChI is InChI=1S/C24H32O4S/c1-14(29)27-19-13-15-12-16(25)4-8-22(15,2)17-5-9-23(3)18(21(17)19)6-10-24(23)11-7-20(26)28-24/h12,17-19,21H,4-11,13H2,1-3H3/t17-,18-,19+,21+,22-,23-,24+/m0/s1. The van der Waals surface area contributed by atoms with Gasteiger partial charge in [0.1, 0.15) is 11.7 Å². The van der Waals surface area contributed by atoms with Crippen LogP contribution in [0.4, 0.5) is 0 Å². The van der Waals surface area contributed by atoms with Crippen LogP contribution >= 0.6 is 12.2 Å². The second-order valence-electron chi connectivity index (χ2n) is 10.7. The molecule has 5 heteroatoms. The summed E-state index contributed by atoms with van der Waals surface area (Å²) in [7, 11) is 0. The minimum absolute atomic E-state index is 0.0133. The Hall–Kier alpha value is -1.23. The van der Waals surface area contributed by atoms with E-state index in [1.54, 1.807) is 0 Å². The number of ether oxygens (including phenoxy) is 2. The Bertz CT molecular complexity index is 818. The lowest BCUT2D eigenvalue weighted by Crippen LogP contribution is -2.58. The highest BCUT2D eigenvalue weighted by molar-refractivity contribution is 7.80. The van der Waals surface area contributed by atoms with Gasteiger partial charge in [0.2, 0.25) is 0 Å². The van der Waals surface area contributed by atoms with E-state index >= 15 is 0 Å². The quantitative estimate of drug-likeness (QED) is 0.448. The lowest BCUT2D eigenvalue weighted by atomic mass is 9.45. The number of fused-ring (bicyclic) bond motifs is 6. The van der Waals surface area contributed by atoms with Crippen molar-refractivity contribution < 1.29 is 19.1 Å². The lowest BCUT2D eigenvalue weighted by Gasteiger charge is -2.60. The van der Waals surface area contributed by atoms with Crippen molar-refractivity contribution in [3.05, 3.63) is 11.6 Å². The zero-order chi connectivity index (χ0) is 20.6. The number of carbonyl (C=O) groups is 2. The molecule has 1 aliphatic heterocycles. The maximum atomic E-state index is 12.2. The number of ketones is 1. The molecule has 0 unspecified atom stereocenters. The average Bonchev–Trinajstić information content (AvgIpc) is 3.17. The van der Waals surface area contributed by atoms with Crippen LogP contribution in [0.25, 0.3) is 0 Å². The van der Waals surface area contributed by atoms with E-state index in [1.807, 2.05) is 13.0 Å². The molecule has 7 atom stereocenters. The van der Waals surface area contributed by atoms with Crippen LogP contribution in [0, 0.1) is 28.6 Å². The van der Waals surface area contributed by atoms with Gasteiger partial charge < -0.3 is 9.47 Å². The van der Waals surface area contributed by atoms with Crippen LogP contribution in [0.3, 0.4) is 0 Å². The van der Waals surface area contributed by atoms with Gasteiger partial charge in [0.25, 0.3) is 0 Å². The first-order valence-corrected chi connectivity index (χ1v) is 11.7. The minimum atomic E-state index is -0.281. The highest BCUT2D eigenvalue weighted by atomic mass is 32.1. The van der Waals surface area contributed by atoms with E-state index in [2.05, 4.69) is 13.8 Å². The Morgan fingerprint density at radius 2 is 1.86 bits per heavy atom. The molecule has 4 aliphatic carbocycles. The molecule has 4 nitrogen and oxygen atoms in total. The number of esters is 1. The van der Waals surface area contributed by atoms with Crippen LogP contribution in [0.5, 0.6) is 0 Å². The van der Waals surface area contributed by atoms with E-state index in [4.69, 9.17) is 21.7 Å². The average molecular weight is 417 g/mol. The van der Waals surface area contributed by atoms with Crippen molar-refractivity contribution in [3.63, 3.8) is 0 Å². The molecule has 158 valence electrons. The predicted octanol–water partition coefficient (Wildman–Crippen LogP) is 4.94. The normalized spacial score (nSPS) is 48.4. The SMILES string of the molecule is CC(=S)O[C@@H]1CC2=CC(=O)CC[C@]2(C)[C@H]2CC[C@@]3(C)[C@@H](CC[C@@]34CCC(=O)O4)[C@H]12. The largest absolute Gasteiger partial charge is 0.484 e. The molecule has 3 saturated carbocycles. The third kappa shape index (κ3) is 2.65. The van der Waals surface area contributed by atoms with Crippen molar-refractivity contribution in [2.45, 2.75) is 90.3 Å². The van der Waals surface area contributed by atoms with Gasteiger partial charge in [-0.25, -0.2) is 0 Å². The van der Waals surface area contributed by atoms with Crippen molar-refractivity contribution in [3.8, 4) is 0 Å². The predicted molar refractivity (Wildman–Crippen MR) is 113 cm³/mol. The van der Waals surface area contributed by atoms with Gasteiger partial charge in [0.15, 0.2) is 10.8 Å². The van der Waals surface area contributed by atoms with Gasteiger partial charge in [-0.2, -0.15) is 0 Å². The second-order valence-corrected chi connectivity index (χ2v) is 11.2. The Labute approximate surface area is 178 Å². The maximum Gasteiger partial charge on any atom is 0.306 e. The number of hydrogen-bond donors (Lipinski definition) is 0.